The van der Waals surface area contributed by atoms with Crippen LogP contribution in [0.1, 0.15) is 44.5 Å². The molecule has 24 rings (SSSR count). The van der Waals surface area contributed by atoms with Crippen LogP contribution in [0.2, 0.25) is 0 Å². The number of rotatable bonds is 13. The van der Waals surface area contributed by atoms with Crippen LogP contribution in [0.4, 0.5) is 34.1 Å². The maximum atomic E-state index is 6.94. The van der Waals surface area contributed by atoms with E-state index in [0.717, 1.165) is 145 Å². The van der Waals surface area contributed by atoms with Crippen LogP contribution in [0.3, 0.4) is 0 Å². The molecule has 0 atom stereocenters. The second-order valence-corrected chi connectivity index (χ2v) is 31.5. The summed E-state index contributed by atoms with van der Waals surface area (Å²) in [7, 11) is 0. The molecule has 0 spiro atoms. The summed E-state index contributed by atoms with van der Waals surface area (Å²) in [4.78, 5) is 34.7. The number of furan rings is 2. The molecule has 4 aromatic heterocycles. The zero-order valence-electron chi connectivity index (χ0n) is 67.1. The molecular weight excluding hydrogens is 1510 g/mol. The molecule has 124 heavy (non-hydrogen) atoms. The number of fused-ring (bicyclic) bond motifs is 11. The fourth-order valence-corrected chi connectivity index (χ4v) is 19.0. The Balaban J connectivity index is 0.000000143. The molecule has 0 fully saturated rings. The standard InChI is InChI=1S/C58H38N4O.C56H36N4O/c1-4-18-39(19-5-1)43-24-16-25-44(38-43)58(50-30-17-27-47-46-26-10-15-33-53(46)63-54(47)50)48-28-11-13-31-51(48)62(52-32-14-12-29-49(52)58)45-36-34-42(35-37-45)57-60-55(40-20-6-2-7-21-40)59-56(61-57)41-22-8-3-9-23-41;1-3-17-38(18-4-1)53-57-54(39-19-5-2-6-20-39)59-55(58-53)40-31-34-43(35-32-40)60-49-27-12-10-24-46(49)56(47-25-11-13-28-50(47)60,42-33-30-37-16-7-8-21-41(37)36-42)48-26-15-23-45-44-22-9-14-29-51(44)61-52(45)48/h1-38H;1-36H. The van der Waals surface area contributed by atoms with Crippen LogP contribution < -0.4 is 9.80 Å². The first-order valence-electron chi connectivity index (χ1n) is 41.9. The van der Waals surface area contributed by atoms with Gasteiger partial charge >= 0.3 is 0 Å². The summed E-state index contributed by atoms with van der Waals surface area (Å²) in [6, 6.07) is 158. The molecule has 0 bridgehead atoms. The normalized spacial score (nSPS) is 12.9. The predicted molar refractivity (Wildman–Crippen MR) is 503 cm³/mol. The van der Waals surface area contributed by atoms with E-state index in [1.165, 1.54) is 33.0 Å². The SMILES string of the molecule is c1ccc(-c2cccc(C3(c4cccc5c4oc4ccccc45)c4ccccc4N(c4ccc(-c5nc(-c6ccccc6)nc(-c6ccccc6)n5)cc4)c4ccccc43)c2)cc1.c1ccc(-c2nc(-c3ccccc3)nc(-c3ccc(N4c5ccccc5C(c5ccc6ccccc6c5)(c5cccc6c5oc5ccccc56)c5ccccc54)cc3)n2)cc1. The highest BCUT2D eigenvalue weighted by Gasteiger charge is 2.50. The monoisotopic (exact) mass is 1590 g/mol. The fraction of sp³-hybridized carbons (Fsp3) is 0.0175. The summed E-state index contributed by atoms with van der Waals surface area (Å²) in [6.45, 7) is 0. The molecule has 0 aliphatic carbocycles. The number of anilines is 6. The van der Waals surface area contributed by atoms with E-state index >= 15 is 0 Å². The van der Waals surface area contributed by atoms with Gasteiger partial charge in [-0.3, -0.25) is 0 Å². The average molecular weight is 1590 g/mol. The molecular formula is C114H74N8O2. The quantitative estimate of drug-likeness (QED) is 0.111. The average Bonchev–Trinajstić information content (AvgIpc) is 1.06. The molecule has 2 aliphatic rings. The number of aromatic nitrogens is 6. The van der Waals surface area contributed by atoms with Gasteiger partial charge in [0.25, 0.3) is 0 Å². The molecule has 0 saturated carbocycles. The van der Waals surface area contributed by atoms with E-state index in [9.17, 15) is 0 Å². The predicted octanol–water partition coefficient (Wildman–Crippen LogP) is 28.7. The van der Waals surface area contributed by atoms with Gasteiger partial charge in [-0.15, -0.1) is 0 Å². The molecule has 10 nitrogen and oxygen atoms in total. The van der Waals surface area contributed by atoms with Crippen molar-refractivity contribution in [3.05, 3.63) is 493 Å². The van der Waals surface area contributed by atoms with Crippen molar-refractivity contribution < 1.29 is 8.83 Å². The van der Waals surface area contributed by atoms with Gasteiger partial charge in [0.15, 0.2) is 34.9 Å². The maximum absolute atomic E-state index is 6.94. The Bertz CT molecular complexity index is 7600. The summed E-state index contributed by atoms with van der Waals surface area (Å²) < 4.78 is 13.8. The van der Waals surface area contributed by atoms with Crippen molar-refractivity contribution in [3.63, 3.8) is 0 Å². The summed E-state index contributed by atoms with van der Waals surface area (Å²) in [5.41, 5.74) is 25.5. The minimum atomic E-state index is -0.769. The van der Waals surface area contributed by atoms with Crippen LogP contribution in [-0.4, -0.2) is 29.9 Å². The molecule has 0 N–H and O–H groups in total. The first kappa shape index (κ1) is 72.7. The van der Waals surface area contributed by atoms with Gasteiger partial charge in [0.1, 0.15) is 22.3 Å². The molecule has 2 aliphatic heterocycles. The number of benzene rings is 18. The Kier molecular flexibility index (Phi) is 17.8. The lowest BCUT2D eigenvalue weighted by Gasteiger charge is -2.46. The van der Waals surface area contributed by atoms with Gasteiger partial charge in [-0.25, -0.2) is 29.9 Å². The highest BCUT2D eigenvalue weighted by Crippen LogP contribution is 2.62. The molecule has 0 saturated heterocycles. The second kappa shape index (κ2) is 30.4. The smallest absolute Gasteiger partial charge is 0.164 e. The molecule has 582 valence electrons. The largest absolute Gasteiger partial charge is 0.456 e. The first-order valence-corrected chi connectivity index (χ1v) is 41.9. The van der Waals surface area contributed by atoms with E-state index in [0.29, 0.717) is 34.9 Å². The summed E-state index contributed by atoms with van der Waals surface area (Å²) in [5.74, 6) is 3.77. The van der Waals surface area contributed by atoms with E-state index in [1.54, 1.807) is 0 Å². The van der Waals surface area contributed by atoms with Gasteiger partial charge in [-0.2, -0.15) is 0 Å². The molecule has 22 aromatic rings. The Morgan fingerprint density at radius 2 is 0.468 bits per heavy atom. The van der Waals surface area contributed by atoms with Crippen molar-refractivity contribution in [2.45, 2.75) is 10.8 Å². The van der Waals surface area contributed by atoms with Crippen LogP contribution in [0, 0.1) is 0 Å². The Morgan fingerprint density at radius 1 is 0.185 bits per heavy atom. The van der Waals surface area contributed by atoms with Crippen LogP contribution in [0.25, 0.3) is 134 Å². The van der Waals surface area contributed by atoms with Crippen LogP contribution in [0.15, 0.2) is 458 Å². The number of nitrogens with zero attached hydrogens (tertiary/aromatic N) is 8. The Hall–Kier alpha value is -16.6. The summed E-state index contributed by atoms with van der Waals surface area (Å²) in [6.07, 6.45) is 0. The molecule has 0 radical (unpaired) electrons. The van der Waals surface area contributed by atoms with Gasteiger partial charge < -0.3 is 18.6 Å². The van der Waals surface area contributed by atoms with Gasteiger partial charge in [0, 0.05) is 77.4 Å². The summed E-state index contributed by atoms with van der Waals surface area (Å²) >= 11 is 0. The van der Waals surface area contributed by atoms with Crippen molar-refractivity contribution in [1.29, 1.82) is 0 Å². The molecule has 6 heterocycles. The third kappa shape index (κ3) is 12.2. The second-order valence-electron chi connectivity index (χ2n) is 31.5. The van der Waals surface area contributed by atoms with Crippen molar-refractivity contribution >= 4 is 88.8 Å². The van der Waals surface area contributed by atoms with Crippen LogP contribution >= 0.6 is 0 Å². The van der Waals surface area contributed by atoms with Crippen molar-refractivity contribution in [2.24, 2.45) is 0 Å². The highest BCUT2D eigenvalue weighted by atomic mass is 16.3. The van der Waals surface area contributed by atoms with Crippen LogP contribution in [0.5, 0.6) is 0 Å². The topological polar surface area (TPSA) is 110 Å². The molecule has 0 amide bonds. The van der Waals surface area contributed by atoms with Crippen molar-refractivity contribution in [1.82, 2.24) is 29.9 Å². The zero-order valence-corrected chi connectivity index (χ0v) is 67.1. The lowest BCUT2D eigenvalue weighted by molar-refractivity contribution is 0.643. The zero-order chi connectivity index (χ0) is 82.1. The summed E-state index contributed by atoms with van der Waals surface area (Å²) in [5, 5.41) is 6.80. The van der Waals surface area contributed by atoms with Gasteiger partial charge in [-0.05, 0) is 152 Å². The highest BCUT2D eigenvalue weighted by molar-refractivity contribution is 6.09. The minimum absolute atomic E-state index is 0.616. The van der Waals surface area contributed by atoms with Crippen molar-refractivity contribution in [3.8, 4) is 79.5 Å². The van der Waals surface area contributed by atoms with Gasteiger partial charge in [0.05, 0.1) is 33.6 Å². The van der Waals surface area contributed by atoms with E-state index in [1.807, 2.05) is 133 Å². The third-order valence-corrected chi connectivity index (χ3v) is 24.6. The van der Waals surface area contributed by atoms with Gasteiger partial charge in [-0.1, -0.05) is 352 Å². The maximum Gasteiger partial charge on any atom is 0.164 e. The van der Waals surface area contributed by atoms with E-state index in [-0.39, 0.29) is 0 Å². The number of hydrogen-bond donors (Lipinski definition) is 0. The minimum Gasteiger partial charge on any atom is -0.456 e. The van der Waals surface area contributed by atoms with Gasteiger partial charge in [0.2, 0.25) is 0 Å². The van der Waals surface area contributed by atoms with E-state index < -0.39 is 10.8 Å². The Morgan fingerprint density at radius 3 is 0.855 bits per heavy atom. The molecule has 0 unspecified atom stereocenters. The lowest BCUT2D eigenvalue weighted by atomic mass is 9.62. The lowest BCUT2D eigenvalue weighted by Crippen LogP contribution is -2.37. The van der Waals surface area contributed by atoms with Crippen molar-refractivity contribution in [2.75, 3.05) is 9.80 Å². The number of hydrogen-bond acceptors (Lipinski definition) is 10. The van der Waals surface area contributed by atoms with Crippen LogP contribution in [-0.2, 0) is 10.8 Å². The Labute approximate surface area is 716 Å². The van der Waals surface area contributed by atoms with E-state index in [2.05, 4.69) is 325 Å². The molecule has 10 heteroatoms. The first-order chi connectivity index (χ1) is 61.5. The third-order valence-electron chi connectivity index (χ3n) is 24.6. The molecule has 18 aromatic carbocycles. The van der Waals surface area contributed by atoms with E-state index in [4.69, 9.17) is 38.7 Å². The number of para-hydroxylation sites is 8. The fourth-order valence-electron chi connectivity index (χ4n) is 19.0.